The fraction of sp³-hybridized carbons (Fsp3) is 0.452. The van der Waals surface area contributed by atoms with E-state index in [1.807, 2.05) is 58.0 Å². The number of fused-ring (bicyclic) bond motifs is 1. The van der Waals surface area contributed by atoms with Crippen molar-refractivity contribution < 1.29 is 19.1 Å². The van der Waals surface area contributed by atoms with Crippen molar-refractivity contribution in [1.29, 1.82) is 0 Å². The molecule has 0 unspecified atom stereocenters. The number of rotatable bonds is 8. The van der Waals surface area contributed by atoms with Gasteiger partial charge >= 0.3 is 5.76 Å². The lowest BCUT2D eigenvalue weighted by atomic mass is 9.80. The number of imidazole rings is 1. The lowest BCUT2D eigenvalue weighted by Crippen LogP contribution is -2.54. The van der Waals surface area contributed by atoms with Crippen molar-refractivity contribution in [3.05, 3.63) is 77.2 Å². The van der Waals surface area contributed by atoms with E-state index in [1.165, 1.54) is 0 Å². The zero-order valence-electron chi connectivity index (χ0n) is 24.2. The number of halogens is 2. The van der Waals surface area contributed by atoms with Crippen LogP contribution in [0.5, 0.6) is 0 Å². The Morgan fingerprint density at radius 1 is 1.14 bits per heavy atom. The molecule has 6 rings (SSSR count). The predicted octanol–water partition coefficient (Wildman–Crippen LogP) is 4.30. The number of hydrogen-bond donors (Lipinski definition) is 2. The molecule has 10 nitrogen and oxygen atoms in total. The topological polar surface area (TPSA) is 115 Å². The summed E-state index contributed by atoms with van der Waals surface area (Å²) < 4.78 is 14.5. The molecular formula is C31H39Cl2N5O5. The molecule has 3 atom stereocenters. The highest BCUT2D eigenvalue weighted by Gasteiger charge is 2.42. The third-order valence-electron chi connectivity index (χ3n) is 8.60. The maximum Gasteiger partial charge on any atom is 0.419 e. The summed E-state index contributed by atoms with van der Waals surface area (Å²) in [6.45, 7) is 2.47. The molecule has 2 fully saturated rings. The number of carbonyl (C=O) groups is 1. The highest BCUT2D eigenvalue weighted by atomic mass is 35.5. The van der Waals surface area contributed by atoms with Gasteiger partial charge < -0.3 is 29.0 Å². The number of amides is 1. The van der Waals surface area contributed by atoms with Gasteiger partial charge in [-0.05, 0) is 31.4 Å². The van der Waals surface area contributed by atoms with E-state index < -0.39 is 11.4 Å². The van der Waals surface area contributed by atoms with Crippen molar-refractivity contribution in [1.82, 2.24) is 24.3 Å². The maximum absolute atomic E-state index is 14.3. The fourth-order valence-corrected chi connectivity index (χ4v) is 6.58. The Balaban J connectivity index is 0.00000212. The molecule has 3 heterocycles. The average molecular weight is 633 g/mol. The van der Waals surface area contributed by atoms with Crippen LogP contribution in [0.3, 0.4) is 0 Å². The highest BCUT2D eigenvalue weighted by Crippen LogP contribution is 2.41. The molecule has 1 aliphatic carbocycles. The number of nitrogens with one attached hydrogen (secondary N) is 1. The second kappa shape index (κ2) is 14.1. The number of ether oxygens (including phenoxy) is 1. The van der Waals surface area contributed by atoms with Gasteiger partial charge in [0, 0.05) is 44.9 Å². The first-order chi connectivity index (χ1) is 20.0. The van der Waals surface area contributed by atoms with E-state index in [1.54, 1.807) is 24.1 Å². The molecule has 0 bridgehead atoms. The lowest BCUT2D eigenvalue weighted by molar-refractivity contribution is -0.0893. The zero-order valence-corrected chi connectivity index (χ0v) is 25.8. The molecule has 43 heavy (non-hydrogen) atoms. The van der Waals surface area contributed by atoms with Crippen molar-refractivity contribution in [3.63, 3.8) is 0 Å². The number of piperazine rings is 1. The maximum atomic E-state index is 14.3. The van der Waals surface area contributed by atoms with E-state index in [-0.39, 0.29) is 49.4 Å². The third kappa shape index (κ3) is 6.39. The van der Waals surface area contributed by atoms with Gasteiger partial charge in [0.2, 0.25) is 0 Å². The SMILES string of the molecule is COC[C@]1(O)CCCC[C@H]1n1cnc(C(=O)N2CCNC[C@H]2CCn2c(=O)oc3ccccc32)c1-c1ccccc1.Cl.Cl. The second-order valence-corrected chi connectivity index (χ2v) is 11.1. The summed E-state index contributed by atoms with van der Waals surface area (Å²) in [6, 6.07) is 16.8. The summed E-state index contributed by atoms with van der Waals surface area (Å²) in [6.07, 6.45) is 5.60. The van der Waals surface area contributed by atoms with E-state index in [4.69, 9.17) is 14.1 Å². The first-order valence-electron chi connectivity index (χ1n) is 14.4. The van der Waals surface area contributed by atoms with Crippen molar-refractivity contribution in [2.45, 2.75) is 56.3 Å². The van der Waals surface area contributed by atoms with E-state index in [9.17, 15) is 14.7 Å². The quantitative estimate of drug-likeness (QED) is 0.298. The highest BCUT2D eigenvalue weighted by molar-refractivity contribution is 5.98. The Bertz CT molecular complexity index is 1570. The minimum atomic E-state index is -1.05. The average Bonchev–Trinajstić information content (AvgIpc) is 3.57. The van der Waals surface area contributed by atoms with Gasteiger partial charge in [-0.15, -0.1) is 24.8 Å². The Hall–Kier alpha value is -3.15. The minimum absolute atomic E-state index is 0. The number of carbonyl (C=O) groups excluding carboxylic acids is 1. The molecule has 1 amide bonds. The fourth-order valence-electron chi connectivity index (χ4n) is 6.58. The van der Waals surface area contributed by atoms with E-state index >= 15 is 0 Å². The number of aromatic nitrogens is 3. The molecule has 232 valence electrons. The van der Waals surface area contributed by atoms with Crippen molar-refractivity contribution >= 4 is 41.8 Å². The normalized spacial score (nSPS) is 22.1. The van der Waals surface area contributed by atoms with Crippen LogP contribution in [0.4, 0.5) is 0 Å². The van der Waals surface area contributed by atoms with Gasteiger partial charge in [-0.1, -0.05) is 55.3 Å². The van der Waals surface area contributed by atoms with E-state index in [0.29, 0.717) is 56.0 Å². The van der Waals surface area contributed by atoms with Gasteiger partial charge in [-0.25, -0.2) is 9.78 Å². The number of aliphatic hydroxyl groups is 1. The molecule has 0 radical (unpaired) electrons. The molecule has 1 aliphatic heterocycles. The van der Waals surface area contributed by atoms with Crippen LogP contribution in [0.15, 0.2) is 70.1 Å². The minimum Gasteiger partial charge on any atom is -0.408 e. The van der Waals surface area contributed by atoms with Crippen LogP contribution in [0.1, 0.15) is 48.6 Å². The van der Waals surface area contributed by atoms with Crippen LogP contribution < -0.4 is 11.1 Å². The molecule has 1 saturated heterocycles. The summed E-state index contributed by atoms with van der Waals surface area (Å²) in [5.74, 6) is -0.543. The van der Waals surface area contributed by atoms with Gasteiger partial charge in [-0.3, -0.25) is 9.36 Å². The molecule has 2 aromatic heterocycles. The van der Waals surface area contributed by atoms with Crippen LogP contribution in [0, 0.1) is 0 Å². The van der Waals surface area contributed by atoms with Gasteiger partial charge in [0.25, 0.3) is 5.91 Å². The van der Waals surface area contributed by atoms with Crippen LogP contribution in [0.2, 0.25) is 0 Å². The van der Waals surface area contributed by atoms with E-state index in [0.717, 1.165) is 30.3 Å². The molecule has 2 N–H and O–H groups in total. The van der Waals surface area contributed by atoms with Crippen LogP contribution >= 0.6 is 24.8 Å². The Kier molecular flexibility index (Phi) is 10.7. The monoisotopic (exact) mass is 631 g/mol. The number of benzene rings is 2. The summed E-state index contributed by atoms with van der Waals surface area (Å²) in [7, 11) is 1.61. The zero-order chi connectivity index (χ0) is 28.4. The van der Waals surface area contributed by atoms with Gasteiger partial charge in [0.05, 0.1) is 30.2 Å². The first kappa shape index (κ1) is 32.8. The Labute approximate surface area is 262 Å². The molecule has 4 aromatic rings. The van der Waals surface area contributed by atoms with Crippen molar-refractivity contribution in [2.24, 2.45) is 0 Å². The first-order valence-corrected chi connectivity index (χ1v) is 14.4. The number of nitrogens with zero attached hydrogens (tertiary/aromatic N) is 4. The van der Waals surface area contributed by atoms with Gasteiger partial charge in [-0.2, -0.15) is 0 Å². The molecule has 12 heteroatoms. The number of hydrogen-bond acceptors (Lipinski definition) is 7. The number of oxazole rings is 1. The number of aryl methyl sites for hydroxylation is 1. The molecule has 1 saturated carbocycles. The summed E-state index contributed by atoms with van der Waals surface area (Å²) in [5.41, 5.74) is 2.23. The Morgan fingerprint density at radius 3 is 2.70 bits per heavy atom. The molecular weight excluding hydrogens is 593 g/mol. The van der Waals surface area contributed by atoms with Gasteiger partial charge in [0.15, 0.2) is 11.3 Å². The molecule has 2 aliphatic rings. The molecule has 2 aromatic carbocycles. The standard InChI is InChI=1S/C31H37N5O5.2ClH/c1-40-20-31(39)15-8-7-13-26(31)36-21-33-27(28(36)22-9-3-2-4-10-22)29(37)34-18-16-32-19-23(34)14-17-35-24-11-5-6-12-25(24)41-30(35)38;;/h2-6,9-12,21,23,26,32,39H,7-8,13-20H2,1H3;2*1H/t23-,26-,31-;;/m1../s1. The number of methoxy groups -OCH3 is 1. The van der Waals surface area contributed by atoms with Crippen LogP contribution in [0.25, 0.3) is 22.4 Å². The van der Waals surface area contributed by atoms with E-state index in [2.05, 4.69) is 5.32 Å². The second-order valence-electron chi connectivity index (χ2n) is 11.1. The van der Waals surface area contributed by atoms with Crippen LogP contribution in [-0.2, 0) is 11.3 Å². The smallest absolute Gasteiger partial charge is 0.408 e. The third-order valence-corrected chi connectivity index (χ3v) is 8.60. The van der Waals surface area contributed by atoms with Crippen molar-refractivity contribution in [2.75, 3.05) is 33.4 Å². The number of para-hydroxylation sites is 2. The lowest BCUT2D eigenvalue weighted by Gasteiger charge is -2.41. The predicted molar refractivity (Wildman–Crippen MR) is 169 cm³/mol. The van der Waals surface area contributed by atoms with Crippen LogP contribution in [-0.4, -0.2) is 75.0 Å². The largest absolute Gasteiger partial charge is 0.419 e. The summed E-state index contributed by atoms with van der Waals surface area (Å²) in [4.78, 5) is 33.4. The molecule has 0 spiro atoms. The van der Waals surface area contributed by atoms with Gasteiger partial charge in [0.1, 0.15) is 5.60 Å². The van der Waals surface area contributed by atoms with Crippen molar-refractivity contribution in [3.8, 4) is 11.3 Å². The summed E-state index contributed by atoms with van der Waals surface area (Å²) >= 11 is 0. The Morgan fingerprint density at radius 2 is 1.91 bits per heavy atom. The summed E-state index contributed by atoms with van der Waals surface area (Å²) in [5, 5.41) is 15.0.